The average molecular weight is 436 g/mol. The zero-order valence-electron chi connectivity index (χ0n) is 16.2. The maximum Gasteiger partial charge on any atom is 0.308 e. The van der Waals surface area contributed by atoms with Gasteiger partial charge in [0.1, 0.15) is 5.75 Å². The normalized spacial score (nSPS) is 11.4. The Bertz CT molecular complexity index is 1200. The largest absolute Gasteiger partial charge is 0.484 e. The van der Waals surface area contributed by atoms with Crippen molar-refractivity contribution in [2.24, 2.45) is 0 Å². The van der Waals surface area contributed by atoms with Crippen LogP contribution < -0.4 is 19.2 Å². The van der Waals surface area contributed by atoms with Crippen molar-refractivity contribution in [3.05, 3.63) is 52.1 Å². The summed E-state index contributed by atoms with van der Waals surface area (Å²) in [5.41, 5.74) is 1.92. The number of fused-ring (bicyclic) bond motifs is 1. The number of thiazole rings is 1. The summed E-state index contributed by atoms with van der Waals surface area (Å²) >= 11 is 1.14. The van der Waals surface area contributed by atoms with Gasteiger partial charge < -0.3 is 10.1 Å². The lowest BCUT2D eigenvalue weighted by molar-refractivity contribution is -0.118. The molecule has 8 nitrogen and oxygen atoms in total. The van der Waals surface area contributed by atoms with Gasteiger partial charge in [-0.25, -0.2) is 8.42 Å². The number of nitrogens with one attached hydrogen (secondary N) is 1. The number of amides is 1. The minimum atomic E-state index is -3.34. The first kappa shape index (κ1) is 20.9. The molecule has 2 aromatic carbocycles. The fourth-order valence-corrected chi connectivity index (χ4v) is 4.23. The van der Waals surface area contributed by atoms with Gasteiger partial charge in [0.25, 0.3) is 5.91 Å². The second-order valence-electron chi connectivity index (χ2n) is 6.36. The first-order valence-electron chi connectivity index (χ1n) is 8.79. The van der Waals surface area contributed by atoms with Gasteiger partial charge in [0.05, 0.1) is 22.2 Å². The molecule has 154 valence electrons. The van der Waals surface area contributed by atoms with Crippen LogP contribution in [-0.4, -0.2) is 38.8 Å². The molecule has 3 rings (SSSR count). The fraction of sp³-hybridized carbons (Fsp3) is 0.263. The van der Waals surface area contributed by atoms with E-state index in [9.17, 15) is 18.0 Å². The Hall–Kier alpha value is -2.85. The van der Waals surface area contributed by atoms with E-state index >= 15 is 0 Å². The number of hydrogen-bond donors (Lipinski definition) is 1. The number of anilines is 2. The molecule has 0 saturated heterocycles. The predicted molar refractivity (Wildman–Crippen MR) is 116 cm³/mol. The van der Waals surface area contributed by atoms with Crippen LogP contribution >= 0.6 is 11.3 Å². The monoisotopic (exact) mass is 435 g/mol. The van der Waals surface area contributed by atoms with E-state index < -0.39 is 10.0 Å². The van der Waals surface area contributed by atoms with Gasteiger partial charge in [-0.05, 0) is 49.4 Å². The molecule has 0 aliphatic carbocycles. The molecule has 3 aromatic rings. The third-order valence-electron chi connectivity index (χ3n) is 4.34. The van der Waals surface area contributed by atoms with E-state index in [2.05, 4.69) is 5.32 Å². The molecule has 0 atom stereocenters. The van der Waals surface area contributed by atoms with Gasteiger partial charge in [-0.1, -0.05) is 11.3 Å². The molecular formula is C19H21N3O5S2. The molecule has 0 fully saturated rings. The zero-order valence-corrected chi connectivity index (χ0v) is 17.8. The van der Waals surface area contributed by atoms with E-state index in [-0.39, 0.29) is 17.4 Å². The molecule has 0 aliphatic heterocycles. The van der Waals surface area contributed by atoms with Gasteiger partial charge in [-0.15, -0.1) is 0 Å². The number of aromatic nitrogens is 1. The van der Waals surface area contributed by atoms with Crippen LogP contribution in [0.5, 0.6) is 5.75 Å². The molecule has 1 N–H and O–H groups in total. The van der Waals surface area contributed by atoms with E-state index in [1.807, 2.05) is 13.0 Å². The van der Waals surface area contributed by atoms with Crippen molar-refractivity contribution in [2.45, 2.75) is 13.5 Å². The molecular weight excluding hydrogens is 414 g/mol. The lowest BCUT2D eigenvalue weighted by Gasteiger charge is -2.16. The van der Waals surface area contributed by atoms with Crippen molar-refractivity contribution < 1.29 is 17.9 Å². The highest BCUT2D eigenvalue weighted by atomic mass is 32.2. The summed E-state index contributed by atoms with van der Waals surface area (Å²) in [4.78, 5) is 24.1. The van der Waals surface area contributed by atoms with Crippen LogP contribution in [0.3, 0.4) is 0 Å². The number of ether oxygens (including phenoxy) is 1. The highest BCUT2D eigenvalue weighted by molar-refractivity contribution is 7.92. The van der Waals surface area contributed by atoms with Crippen molar-refractivity contribution >= 4 is 48.9 Å². The van der Waals surface area contributed by atoms with Crippen LogP contribution in [-0.2, 0) is 21.4 Å². The highest BCUT2D eigenvalue weighted by Crippen LogP contribution is 2.22. The second-order valence-corrected chi connectivity index (χ2v) is 9.36. The molecule has 0 unspecified atom stereocenters. The number of rotatable bonds is 7. The topological polar surface area (TPSA) is 97.7 Å². The molecule has 0 saturated carbocycles. The summed E-state index contributed by atoms with van der Waals surface area (Å²) in [6, 6.07) is 11.7. The Balaban J connectivity index is 1.61. The van der Waals surface area contributed by atoms with E-state index in [1.54, 1.807) is 41.0 Å². The molecule has 1 amide bonds. The van der Waals surface area contributed by atoms with Crippen molar-refractivity contribution in [3.63, 3.8) is 0 Å². The van der Waals surface area contributed by atoms with Gasteiger partial charge in [0.15, 0.2) is 6.61 Å². The summed E-state index contributed by atoms with van der Waals surface area (Å²) in [6.07, 6.45) is 1.12. The molecule has 0 bridgehead atoms. The summed E-state index contributed by atoms with van der Waals surface area (Å²) < 4.78 is 32.2. The van der Waals surface area contributed by atoms with Gasteiger partial charge in [-0.2, -0.15) is 0 Å². The molecule has 1 heterocycles. The number of nitrogens with zero attached hydrogens (tertiary/aromatic N) is 2. The van der Waals surface area contributed by atoms with E-state index in [4.69, 9.17) is 4.74 Å². The lowest BCUT2D eigenvalue weighted by Crippen LogP contribution is -2.24. The van der Waals surface area contributed by atoms with E-state index in [1.165, 1.54) is 7.05 Å². The maximum absolute atomic E-state index is 12.2. The van der Waals surface area contributed by atoms with Crippen molar-refractivity contribution in [1.82, 2.24) is 4.57 Å². The number of carbonyl (C=O) groups is 1. The van der Waals surface area contributed by atoms with Crippen LogP contribution in [0.2, 0.25) is 0 Å². The van der Waals surface area contributed by atoms with Crippen LogP contribution in [0.25, 0.3) is 10.2 Å². The predicted octanol–water partition coefficient (Wildman–Crippen LogP) is 2.50. The number of benzene rings is 2. The highest BCUT2D eigenvalue weighted by Gasteiger charge is 2.12. The standard InChI is InChI=1S/C19H21N3O5S2/c1-4-22-16-10-5-13(11-17(16)28-19(22)24)20-18(23)12-27-15-8-6-14(7-9-15)21(2)29(3,25)26/h5-11H,4,12H2,1-3H3,(H,20,23). The third-order valence-corrected chi connectivity index (χ3v) is 6.48. The second kappa shape index (κ2) is 8.26. The van der Waals surface area contributed by atoms with Crippen molar-refractivity contribution in [3.8, 4) is 5.75 Å². The Kier molecular flexibility index (Phi) is 5.94. The minimum Gasteiger partial charge on any atom is -0.484 e. The summed E-state index contributed by atoms with van der Waals surface area (Å²) in [6.45, 7) is 2.30. The minimum absolute atomic E-state index is 0.0284. The maximum atomic E-state index is 12.2. The number of carbonyl (C=O) groups excluding carboxylic acids is 1. The molecule has 0 aliphatic rings. The SMILES string of the molecule is CCn1c(=O)sc2cc(NC(=O)COc3ccc(N(C)S(C)(=O)=O)cc3)ccc21. The van der Waals surface area contributed by atoms with Gasteiger partial charge in [-0.3, -0.25) is 18.5 Å². The third kappa shape index (κ3) is 4.77. The summed E-state index contributed by atoms with van der Waals surface area (Å²) in [5, 5.41) is 2.74. The van der Waals surface area contributed by atoms with Gasteiger partial charge >= 0.3 is 4.87 Å². The number of aryl methyl sites for hydroxylation is 1. The molecule has 1 aromatic heterocycles. The Labute approximate surface area is 172 Å². The zero-order chi connectivity index (χ0) is 21.2. The summed E-state index contributed by atoms with van der Waals surface area (Å²) in [5.74, 6) is 0.100. The average Bonchev–Trinajstić information content (AvgIpc) is 2.99. The van der Waals surface area contributed by atoms with Crippen LogP contribution in [0, 0.1) is 0 Å². The Morgan fingerprint density at radius 1 is 1.21 bits per heavy atom. The van der Waals surface area contributed by atoms with Gasteiger partial charge in [0.2, 0.25) is 10.0 Å². The van der Waals surface area contributed by atoms with Crippen LogP contribution in [0.4, 0.5) is 11.4 Å². The summed E-state index contributed by atoms with van der Waals surface area (Å²) in [7, 11) is -1.88. The van der Waals surface area contributed by atoms with Crippen LogP contribution in [0.15, 0.2) is 47.3 Å². The van der Waals surface area contributed by atoms with E-state index in [0.29, 0.717) is 23.7 Å². The van der Waals surface area contributed by atoms with Crippen LogP contribution in [0.1, 0.15) is 6.92 Å². The van der Waals surface area contributed by atoms with Gasteiger partial charge in [0, 0.05) is 19.3 Å². The van der Waals surface area contributed by atoms with Crippen molar-refractivity contribution in [2.75, 3.05) is 29.5 Å². The lowest BCUT2D eigenvalue weighted by atomic mass is 10.3. The molecule has 0 radical (unpaired) electrons. The first-order valence-corrected chi connectivity index (χ1v) is 11.5. The Morgan fingerprint density at radius 2 is 1.90 bits per heavy atom. The van der Waals surface area contributed by atoms with Crippen molar-refractivity contribution in [1.29, 1.82) is 0 Å². The Morgan fingerprint density at radius 3 is 2.52 bits per heavy atom. The quantitative estimate of drug-likeness (QED) is 0.615. The molecule has 0 spiro atoms. The molecule has 29 heavy (non-hydrogen) atoms. The number of hydrogen-bond acceptors (Lipinski definition) is 6. The fourth-order valence-electron chi connectivity index (χ4n) is 2.73. The number of sulfonamides is 1. The smallest absolute Gasteiger partial charge is 0.308 e. The van der Waals surface area contributed by atoms with E-state index in [0.717, 1.165) is 32.1 Å². The molecule has 10 heteroatoms. The first-order chi connectivity index (χ1) is 13.7.